The molecule has 0 atom stereocenters. The van der Waals surface area contributed by atoms with Crippen molar-refractivity contribution in [2.75, 3.05) is 13.2 Å². The fourth-order valence-corrected chi connectivity index (χ4v) is 1.16. The van der Waals surface area contributed by atoms with Crippen LogP contribution in [0.2, 0.25) is 0 Å². The summed E-state index contributed by atoms with van der Waals surface area (Å²) in [4.78, 5) is 22.3. The number of carbonyl (C=O) groups excluding carboxylic acids is 2. The summed E-state index contributed by atoms with van der Waals surface area (Å²) < 4.78 is 60.6. The third-order valence-electron chi connectivity index (χ3n) is 2.64. The highest BCUT2D eigenvalue weighted by Crippen LogP contribution is 2.21. The predicted molar refractivity (Wildman–Crippen MR) is 62.7 cm³/mol. The first-order valence-corrected chi connectivity index (χ1v) is 7.06. The SMILES string of the molecule is CCC(C)(C)C(=O)OCCNC(=O)C(F)(F)S(=O)(=O)[O-]. The van der Waals surface area contributed by atoms with Gasteiger partial charge in [-0.15, -0.1) is 0 Å². The molecule has 0 heterocycles. The Morgan fingerprint density at radius 2 is 1.80 bits per heavy atom. The normalized spacial score (nSPS) is 12.9. The zero-order valence-electron chi connectivity index (χ0n) is 11.2. The summed E-state index contributed by atoms with van der Waals surface area (Å²) in [6.07, 6.45) is 0.491. The smallest absolute Gasteiger partial charge is 0.410 e. The van der Waals surface area contributed by atoms with Crippen LogP contribution in [-0.2, 0) is 24.4 Å². The highest BCUT2D eigenvalue weighted by atomic mass is 32.2. The van der Waals surface area contributed by atoms with Crippen molar-refractivity contribution in [1.82, 2.24) is 5.32 Å². The molecule has 0 aliphatic carbocycles. The van der Waals surface area contributed by atoms with Crippen LogP contribution >= 0.6 is 0 Å². The van der Waals surface area contributed by atoms with Gasteiger partial charge in [-0.3, -0.25) is 9.59 Å². The van der Waals surface area contributed by atoms with E-state index in [0.29, 0.717) is 6.42 Å². The van der Waals surface area contributed by atoms with E-state index in [2.05, 4.69) is 0 Å². The number of ether oxygens (including phenoxy) is 1. The zero-order chi connectivity index (χ0) is 16.2. The Kier molecular flexibility index (Phi) is 6.02. The summed E-state index contributed by atoms with van der Waals surface area (Å²) in [5.41, 5.74) is -0.758. The maximum Gasteiger partial charge on any atom is 0.410 e. The summed E-state index contributed by atoms with van der Waals surface area (Å²) >= 11 is 0. The van der Waals surface area contributed by atoms with Gasteiger partial charge in [-0.1, -0.05) is 6.92 Å². The van der Waals surface area contributed by atoms with E-state index in [1.54, 1.807) is 20.8 Å². The number of nitrogens with one attached hydrogen (secondary N) is 1. The number of esters is 1. The quantitative estimate of drug-likeness (QED) is 0.408. The lowest BCUT2D eigenvalue weighted by atomic mass is 9.91. The topological polar surface area (TPSA) is 113 Å². The average molecular weight is 316 g/mol. The molecule has 0 saturated carbocycles. The summed E-state index contributed by atoms with van der Waals surface area (Å²) in [6, 6.07) is 0. The van der Waals surface area contributed by atoms with Gasteiger partial charge in [0.25, 0.3) is 0 Å². The Bertz CT molecular complexity index is 474. The van der Waals surface area contributed by atoms with Gasteiger partial charge in [-0.25, -0.2) is 8.42 Å². The van der Waals surface area contributed by atoms with E-state index in [4.69, 9.17) is 4.74 Å². The van der Waals surface area contributed by atoms with E-state index in [1.165, 1.54) is 5.32 Å². The maximum absolute atomic E-state index is 12.7. The predicted octanol–water partition coefficient (Wildman–Crippen LogP) is 0.220. The van der Waals surface area contributed by atoms with Crippen molar-refractivity contribution in [3.05, 3.63) is 0 Å². The molecule has 0 aromatic carbocycles. The van der Waals surface area contributed by atoms with Crippen molar-refractivity contribution in [3.8, 4) is 0 Å². The van der Waals surface area contributed by atoms with E-state index in [0.717, 1.165) is 0 Å². The number of hydrogen-bond acceptors (Lipinski definition) is 6. The van der Waals surface area contributed by atoms with Gasteiger partial charge in [-0.2, -0.15) is 8.78 Å². The van der Waals surface area contributed by atoms with Gasteiger partial charge in [0.2, 0.25) is 0 Å². The first-order chi connectivity index (χ1) is 8.86. The molecule has 20 heavy (non-hydrogen) atoms. The van der Waals surface area contributed by atoms with E-state index in [1.807, 2.05) is 0 Å². The van der Waals surface area contributed by atoms with E-state index in [-0.39, 0.29) is 0 Å². The minimum Gasteiger partial charge on any atom is -0.743 e. The molecule has 0 aliphatic rings. The van der Waals surface area contributed by atoms with Crippen LogP contribution in [0.4, 0.5) is 8.78 Å². The third kappa shape index (κ3) is 4.67. The second kappa shape index (κ2) is 6.44. The number of carbonyl (C=O) groups is 2. The fraction of sp³-hybridized carbons (Fsp3) is 0.800. The Morgan fingerprint density at radius 3 is 2.20 bits per heavy atom. The highest BCUT2D eigenvalue weighted by Gasteiger charge is 2.46. The van der Waals surface area contributed by atoms with Crippen molar-refractivity contribution in [2.45, 2.75) is 32.4 Å². The van der Waals surface area contributed by atoms with Gasteiger partial charge < -0.3 is 14.6 Å². The highest BCUT2D eigenvalue weighted by molar-refractivity contribution is 7.87. The number of alkyl halides is 2. The largest absolute Gasteiger partial charge is 0.743 e. The number of rotatable bonds is 7. The Hall–Kier alpha value is -1.29. The van der Waals surface area contributed by atoms with Crippen LogP contribution in [0.5, 0.6) is 0 Å². The standard InChI is InChI=1S/C10H17F2NO6S/c1-4-9(2,3)8(15)19-6-5-13-7(14)10(11,12)20(16,17)18/h4-6H2,1-3H3,(H,13,14)(H,16,17,18)/p-1. The van der Waals surface area contributed by atoms with E-state index < -0.39 is 45.8 Å². The van der Waals surface area contributed by atoms with Crippen LogP contribution in [0.3, 0.4) is 0 Å². The van der Waals surface area contributed by atoms with Gasteiger partial charge in [0.1, 0.15) is 6.61 Å². The second-order valence-electron chi connectivity index (χ2n) is 4.60. The van der Waals surface area contributed by atoms with E-state index >= 15 is 0 Å². The lowest BCUT2D eigenvalue weighted by Gasteiger charge is -2.21. The van der Waals surface area contributed by atoms with Crippen molar-refractivity contribution in [1.29, 1.82) is 0 Å². The van der Waals surface area contributed by atoms with E-state index in [9.17, 15) is 31.3 Å². The van der Waals surface area contributed by atoms with Gasteiger partial charge >= 0.3 is 17.1 Å². The molecule has 0 radical (unpaired) electrons. The zero-order valence-corrected chi connectivity index (χ0v) is 12.1. The molecule has 0 spiro atoms. The minimum absolute atomic E-state index is 0.414. The summed E-state index contributed by atoms with van der Waals surface area (Å²) in [6.45, 7) is 4.04. The Labute approximate surface area is 115 Å². The molecule has 0 saturated heterocycles. The van der Waals surface area contributed by atoms with Gasteiger partial charge in [0.05, 0.1) is 12.0 Å². The molecule has 0 aromatic rings. The molecule has 0 aliphatic heterocycles. The minimum atomic E-state index is -6.09. The van der Waals surface area contributed by atoms with Gasteiger partial charge in [-0.05, 0) is 20.3 Å². The van der Waals surface area contributed by atoms with Crippen molar-refractivity contribution in [2.24, 2.45) is 5.41 Å². The van der Waals surface area contributed by atoms with Gasteiger partial charge in [0, 0.05) is 0 Å². The van der Waals surface area contributed by atoms with Crippen molar-refractivity contribution < 1.29 is 36.1 Å². The van der Waals surface area contributed by atoms with Gasteiger partial charge in [0.15, 0.2) is 10.1 Å². The van der Waals surface area contributed by atoms with Crippen LogP contribution in [-0.4, -0.2) is 43.3 Å². The molecular formula is C10H16F2NO6S-. The Balaban J connectivity index is 4.29. The molecule has 0 bridgehead atoms. The van der Waals surface area contributed by atoms with Crippen molar-refractivity contribution in [3.63, 3.8) is 0 Å². The maximum atomic E-state index is 12.7. The average Bonchev–Trinajstić information content (AvgIpc) is 2.32. The lowest BCUT2D eigenvalue weighted by Crippen LogP contribution is -2.46. The summed E-state index contributed by atoms with van der Waals surface area (Å²) in [5.74, 6) is -2.84. The molecule has 0 aromatic heterocycles. The Morgan fingerprint density at radius 1 is 1.30 bits per heavy atom. The fourth-order valence-electron chi connectivity index (χ4n) is 0.864. The summed E-state index contributed by atoms with van der Waals surface area (Å²) in [5, 5.41) is -3.55. The van der Waals surface area contributed by atoms with Crippen LogP contribution in [0.25, 0.3) is 0 Å². The molecule has 1 amide bonds. The van der Waals surface area contributed by atoms with Crippen LogP contribution < -0.4 is 5.32 Å². The number of amides is 1. The molecular weight excluding hydrogens is 300 g/mol. The number of halogens is 2. The third-order valence-corrected chi connectivity index (χ3v) is 3.45. The van der Waals surface area contributed by atoms with Crippen LogP contribution in [0, 0.1) is 5.41 Å². The first kappa shape index (κ1) is 18.7. The molecule has 0 fully saturated rings. The van der Waals surface area contributed by atoms with Crippen LogP contribution in [0.1, 0.15) is 27.2 Å². The van der Waals surface area contributed by atoms with Crippen LogP contribution in [0.15, 0.2) is 0 Å². The molecule has 7 nitrogen and oxygen atoms in total. The first-order valence-electron chi connectivity index (χ1n) is 5.65. The van der Waals surface area contributed by atoms with Crippen molar-refractivity contribution >= 4 is 22.0 Å². The summed E-state index contributed by atoms with van der Waals surface area (Å²) in [7, 11) is -6.09. The second-order valence-corrected chi connectivity index (χ2v) is 6.02. The lowest BCUT2D eigenvalue weighted by molar-refractivity contribution is -0.154. The number of hydrogen-bond donors (Lipinski definition) is 1. The molecule has 0 rings (SSSR count). The molecule has 0 unspecified atom stereocenters. The molecule has 1 N–H and O–H groups in total. The molecule has 10 heteroatoms. The molecule has 118 valence electrons. The monoisotopic (exact) mass is 316 g/mol.